The minimum absolute atomic E-state index is 0.334. The molecule has 0 radical (unpaired) electrons. The number of nitrogens with one attached hydrogen (secondary N) is 1. The van der Waals surface area contributed by atoms with Gasteiger partial charge in [-0.05, 0) is 32.4 Å². The fourth-order valence-electron chi connectivity index (χ4n) is 1.53. The van der Waals surface area contributed by atoms with Gasteiger partial charge in [-0.25, -0.2) is 4.98 Å². The molecule has 0 bridgehead atoms. The average Bonchev–Trinajstić information content (AvgIpc) is 2.52. The van der Waals surface area contributed by atoms with E-state index in [2.05, 4.69) is 10.4 Å². The third kappa shape index (κ3) is 1.97. The molecule has 1 aromatic rings. The molecule has 5 nitrogen and oxygen atoms in total. The molecule has 1 N–H and O–H groups in total. The van der Waals surface area contributed by atoms with Crippen molar-refractivity contribution in [1.82, 2.24) is 9.99 Å². The van der Waals surface area contributed by atoms with E-state index in [1.54, 1.807) is 26.0 Å². The van der Waals surface area contributed by atoms with Crippen molar-refractivity contribution in [2.24, 2.45) is 0 Å². The summed E-state index contributed by atoms with van der Waals surface area (Å²) in [6.45, 7) is 5.06. The van der Waals surface area contributed by atoms with Crippen molar-refractivity contribution in [1.29, 1.82) is 0 Å². The lowest BCUT2D eigenvalue weighted by Crippen LogP contribution is -2.37. The normalized spacial score (nSPS) is 15.7. The van der Waals surface area contributed by atoms with Gasteiger partial charge in [-0.1, -0.05) is 17.7 Å². The van der Waals surface area contributed by atoms with Gasteiger partial charge < -0.3 is 0 Å². The Balaban J connectivity index is 2.24. The van der Waals surface area contributed by atoms with E-state index in [0.717, 1.165) is 10.6 Å². The number of aryl methyl sites for hydroxylation is 1. The topological polar surface area (TPSA) is 62.3 Å². The fraction of sp³-hybridized carbons (Fsp3) is 0.250. The minimum Gasteiger partial charge on any atom is -0.271 e. The SMILES string of the molecule is CC1=C(C)C(=O)N(Nc2ccc(C)c(Cl)n2)C1=O. The number of aromatic nitrogens is 1. The average molecular weight is 266 g/mol. The van der Waals surface area contributed by atoms with Gasteiger partial charge in [0, 0.05) is 11.1 Å². The van der Waals surface area contributed by atoms with Crippen LogP contribution >= 0.6 is 11.6 Å². The number of anilines is 1. The number of pyridine rings is 1. The molecule has 94 valence electrons. The fourth-order valence-corrected chi connectivity index (χ4v) is 1.68. The summed E-state index contributed by atoms with van der Waals surface area (Å²) in [6.07, 6.45) is 0. The molecule has 0 aliphatic carbocycles. The summed E-state index contributed by atoms with van der Waals surface area (Å²) >= 11 is 5.88. The molecule has 1 aliphatic rings. The maximum Gasteiger partial charge on any atom is 0.275 e. The Morgan fingerprint density at radius 3 is 2.17 bits per heavy atom. The second-order valence-electron chi connectivity index (χ2n) is 4.11. The predicted octanol–water partition coefficient (Wildman–Crippen LogP) is 2.08. The van der Waals surface area contributed by atoms with Crippen molar-refractivity contribution in [3.05, 3.63) is 34.0 Å². The Morgan fingerprint density at radius 1 is 1.11 bits per heavy atom. The van der Waals surface area contributed by atoms with Crippen molar-refractivity contribution >= 4 is 29.2 Å². The lowest BCUT2D eigenvalue weighted by atomic mass is 10.2. The Hall–Kier alpha value is -1.88. The van der Waals surface area contributed by atoms with E-state index in [0.29, 0.717) is 22.1 Å². The summed E-state index contributed by atoms with van der Waals surface area (Å²) < 4.78 is 0. The Labute approximate surface area is 109 Å². The number of nitrogens with zero attached hydrogens (tertiary/aromatic N) is 2. The van der Waals surface area contributed by atoms with Crippen LogP contribution in [0.3, 0.4) is 0 Å². The lowest BCUT2D eigenvalue weighted by Gasteiger charge is -2.16. The van der Waals surface area contributed by atoms with E-state index in [4.69, 9.17) is 11.6 Å². The number of rotatable bonds is 2. The number of amides is 2. The van der Waals surface area contributed by atoms with E-state index in [-0.39, 0.29) is 11.8 Å². The first-order chi connectivity index (χ1) is 8.41. The zero-order valence-corrected chi connectivity index (χ0v) is 11.0. The lowest BCUT2D eigenvalue weighted by molar-refractivity contribution is -0.135. The van der Waals surface area contributed by atoms with Crippen LogP contribution in [-0.2, 0) is 9.59 Å². The summed E-state index contributed by atoms with van der Waals surface area (Å²) in [6, 6.07) is 3.42. The van der Waals surface area contributed by atoms with Crippen LogP contribution in [0.2, 0.25) is 5.15 Å². The highest BCUT2D eigenvalue weighted by Gasteiger charge is 2.33. The molecule has 0 saturated carbocycles. The van der Waals surface area contributed by atoms with Crippen LogP contribution in [-0.4, -0.2) is 21.8 Å². The second kappa shape index (κ2) is 4.42. The van der Waals surface area contributed by atoms with Gasteiger partial charge in [0.25, 0.3) is 11.8 Å². The summed E-state index contributed by atoms with van der Waals surface area (Å²) in [5, 5.41) is 1.28. The maximum atomic E-state index is 11.8. The zero-order chi connectivity index (χ0) is 13.4. The first-order valence-electron chi connectivity index (χ1n) is 5.38. The molecule has 18 heavy (non-hydrogen) atoms. The van der Waals surface area contributed by atoms with Gasteiger partial charge in [-0.2, -0.15) is 5.01 Å². The van der Waals surface area contributed by atoms with Crippen molar-refractivity contribution in [2.75, 3.05) is 5.43 Å². The number of imide groups is 1. The standard InChI is InChI=1S/C12H12ClN3O2/c1-6-4-5-9(14-10(6)13)15-16-11(17)7(2)8(3)12(16)18/h4-5H,1-3H3,(H,14,15). The molecule has 6 heteroatoms. The van der Waals surface area contributed by atoms with Gasteiger partial charge in [0.15, 0.2) is 0 Å². The molecule has 0 atom stereocenters. The summed E-state index contributed by atoms with van der Waals surface area (Å²) in [7, 11) is 0. The second-order valence-corrected chi connectivity index (χ2v) is 4.47. The van der Waals surface area contributed by atoms with Crippen LogP contribution in [0.25, 0.3) is 0 Å². The molecule has 2 rings (SSSR count). The van der Waals surface area contributed by atoms with Crippen LogP contribution in [0.1, 0.15) is 19.4 Å². The van der Waals surface area contributed by atoms with Crippen molar-refractivity contribution < 1.29 is 9.59 Å². The number of carbonyl (C=O) groups is 2. The van der Waals surface area contributed by atoms with E-state index in [1.807, 2.05) is 6.92 Å². The van der Waals surface area contributed by atoms with E-state index in [9.17, 15) is 9.59 Å². The molecule has 1 aliphatic heterocycles. The third-order valence-electron chi connectivity index (χ3n) is 2.87. The summed E-state index contributed by atoms with van der Waals surface area (Å²) in [5.41, 5.74) is 4.36. The Kier molecular flexibility index (Phi) is 3.09. The quantitative estimate of drug-likeness (QED) is 0.657. The molecular weight excluding hydrogens is 254 g/mol. The Bertz CT molecular complexity index is 557. The molecule has 2 amide bonds. The third-order valence-corrected chi connectivity index (χ3v) is 3.25. The molecule has 0 unspecified atom stereocenters. The van der Waals surface area contributed by atoms with Gasteiger partial charge in [0.2, 0.25) is 0 Å². The van der Waals surface area contributed by atoms with Gasteiger partial charge in [-0.3, -0.25) is 15.0 Å². The minimum atomic E-state index is -0.365. The molecule has 2 heterocycles. The van der Waals surface area contributed by atoms with Gasteiger partial charge in [0.1, 0.15) is 11.0 Å². The van der Waals surface area contributed by atoms with Crippen LogP contribution < -0.4 is 5.43 Å². The first kappa shape index (κ1) is 12.6. The highest BCUT2D eigenvalue weighted by Crippen LogP contribution is 2.21. The molecular formula is C12H12ClN3O2. The first-order valence-corrected chi connectivity index (χ1v) is 5.75. The molecule has 0 saturated heterocycles. The van der Waals surface area contributed by atoms with Gasteiger partial charge >= 0.3 is 0 Å². The maximum absolute atomic E-state index is 11.8. The van der Waals surface area contributed by atoms with E-state index < -0.39 is 0 Å². The molecule has 0 aromatic carbocycles. The number of hydrazine groups is 1. The smallest absolute Gasteiger partial charge is 0.271 e. The molecule has 0 fully saturated rings. The summed E-state index contributed by atoms with van der Waals surface area (Å²) in [5.74, 6) is -0.373. The predicted molar refractivity (Wildman–Crippen MR) is 67.8 cm³/mol. The van der Waals surface area contributed by atoms with Gasteiger partial charge in [-0.15, -0.1) is 0 Å². The number of halogens is 1. The van der Waals surface area contributed by atoms with Crippen LogP contribution in [0.5, 0.6) is 0 Å². The summed E-state index contributed by atoms with van der Waals surface area (Å²) in [4.78, 5) is 27.7. The van der Waals surface area contributed by atoms with Gasteiger partial charge in [0.05, 0.1) is 0 Å². The van der Waals surface area contributed by atoms with Crippen LogP contribution in [0.15, 0.2) is 23.3 Å². The van der Waals surface area contributed by atoms with Crippen molar-refractivity contribution in [2.45, 2.75) is 20.8 Å². The highest BCUT2D eigenvalue weighted by atomic mass is 35.5. The number of carbonyl (C=O) groups excluding carboxylic acids is 2. The zero-order valence-electron chi connectivity index (χ0n) is 10.2. The number of hydrogen-bond donors (Lipinski definition) is 1. The monoisotopic (exact) mass is 265 g/mol. The van der Waals surface area contributed by atoms with Crippen LogP contribution in [0, 0.1) is 6.92 Å². The van der Waals surface area contributed by atoms with Crippen molar-refractivity contribution in [3.8, 4) is 0 Å². The Morgan fingerprint density at radius 2 is 1.67 bits per heavy atom. The van der Waals surface area contributed by atoms with Crippen molar-refractivity contribution in [3.63, 3.8) is 0 Å². The van der Waals surface area contributed by atoms with Crippen LogP contribution in [0.4, 0.5) is 5.82 Å². The molecule has 1 aromatic heterocycles. The number of hydrogen-bond acceptors (Lipinski definition) is 4. The highest BCUT2D eigenvalue weighted by molar-refractivity contribution is 6.30. The largest absolute Gasteiger partial charge is 0.275 e. The molecule has 0 spiro atoms. The van der Waals surface area contributed by atoms with E-state index in [1.165, 1.54) is 0 Å². The van der Waals surface area contributed by atoms with E-state index >= 15 is 0 Å².